The summed E-state index contributed by atoms with van der Waals surface area (Å²) in [5.41, 5.74) is 0.821. The number of hydrogen-bond donors (Lipinski definition) is 1. The molecule has 0 fully saturated rings. The van der Waals surface area contributed by atoms with Gasteiger partial charge < -0.3 is 10.1 Å². The minimum Gasteiger partial charge on any atom is -0.478 e. The van der Waals surface area contributed by atoms with Gasteiger partial charge in [0.1, 0.15) is 12.1 Å². The fourth-order valence-electron chi connectivity index (χ4n) is 1.84. The van der Waals surface area contributed by atoms with Crippen LogP contribution in [0.4, 0.5) is 5.82 Å². The summed E-state index contributed by atoms with van der Waals surface area (Å²) in [5, 5.41) is 11.4. The second kappa shape index (κ2) is 5.52. The topological polar surface area (TPSA) is 77.2 Å². The van der Waals surface area contributed by atoms with Crippen LogP contribution in [0.2, 0.25) is 0 Å². The highest BCUT2D eigenvalue weighted by Gasteiger charge is 2.05. The van der Waals surface area contributed by atoms with Gasteiger partial charge in [0, 0.05) is 12.3 Å². The molecule has 3 aromatic heterocycles. The van der Waals surface area contributed by atoms with Gasteiger partial charge in [0.25, 0.3) is 0 Å². The Bertz CT molecular complexity index is 711. The number of anilines is 1. The molecule has 102 valence electrons. The van der Waals surface area contributed by atoms with E-state index in [-0.39, 0.29) is 0 Å². The van der Waals surface area contributed by atoms with E-state index < -0.39 is 0 Å². The molecule has 0 aliphatic carbocycles. The molecule has 0 atom stereocenters. The third kappa shape index (κ3) is 2.51. The van der Waals surface area contributed by atoms with Crippen LogP contribution in [0.15, 0.2) is 36.8 Å². The number of nitrogens with one attached hydrogen (secondary N) is 1. The van der Waals surface area contributed by atoms with Gasteiger partial charge in [-0.05, 0) is 19.1 Å². The van der Waals surface area contributed by atoms with Gasteiger partial charge in [-0.2, -0.15) is 0 Å². The SMILES string of the molecule is CCOc1cc(NCc2nnc3ccccn23)ncn1. The van der Waals surface area contributed by atoms with Crippen LogP contribution < -0.4 is 10.1 Å². The minimum atomic E-state index is 0.522. The van der Waals surface area contributed by atoms with Gasteiger partial charge in [0.2, 0.25) is 5.88 Å². The Balaban J connectivity index is 1.74. The monoisotopic (exact) mass is 270 g/mol. The molecule has 0 aliphatic rings. The van der Waals surface area contributed by atoms with Gasteiger partial charge >= 0.3 is 0 Å². The summed E-state index contributed by atoms with van der Waals surface area (Å²) in [7, 11) is 0. The molecule has 0 aliphatic heterocycles. The van der Waals surface area contributed by atoms with E-state index in [1.54, 1.807) is 6.07 Å². The maximum Gasteiger partial charge on any atom is 0.218 e. The number of rotatable bonds is 5. The van der Waals surface area contributed by atoms with Gasteiger partial charge in [-0.3, -0.25) is 4.40 Å². The summed E-state index contributed by atoms with van der Waals surface area (Å²) < 4.78 is 7.26. The molecule has 3 aromatic rings. The van der Waals surface area contributed by atoms with Gasteiger partial charge in [0.15, 0.2) is 11.5 Å². The first-order valence-electron chi connectivity index (χ1n) is 6.34. The Morgan fingerprint density at radius 3 is 3.10 bits per heavy atom. The van der Waals surface area contributed by atoms with Crippen molar-refractivity contribution in [3.05, 3.63) is 42.6 Å². The standard InChI is InChI=1S/C13H14N6O/c1-2-20-13-7-10(15-9-16-13)14-8-12-18-17-11-5-3-4-6-19(11)12/h3-7,9H,2,8H2,1H3,(H,14,15,16). The van der Waals surface area contributed by atoms with Crippen molar-refractivity contribution in [2.45, 2.75) is 13.5 Å². The molecule has 0 saturated carbocycles. The molecular formula is C13H14N6O. The van der Waals surface area contributed by atoms with Crippen molar-refractivity contribution < 1.29 is 4.74 Å². The van der Waals surface area contributed by atoms with Crippen molar-refractivity contribution in [1.82, 2.24) is 24.6 Å². The molecule has 0 radical (unpaired) electrons. The highest BCUT2D eigenvalue weighted by Crippen LogP contribution is 2.12. The summed E-state index contributed by atoms with van der Waals surface area (Å²) in [5.74, 6) is 2.06. The normalized spacial score (nSPS) is 10.7. The number of hydrogen-bond acceptors (Lipinski definition) is 6. The van der Waals surface area contributed by atoms with E-state index in [0.717, 1.165) is 11.5 Å². The van der Waals surface area contributed by atoms with Gasteiger partial charge in [-0.1, -0.05) is 6.07 Å². The van der Waals surface area contributed by atoms with Crippen LogP contribution in [0.3, 0.4) is 0 Å². The Labute approximate surface area is 115 Å². The summed E-state index contributed by atoms with van der Waals surface area (Å²) >= 11 is 0. The average Bonchev–Trinajstić information content (AvgIpc) is 2.89. The van der Waals surface area contributed by atoms with E-state index in [4.69, 9.17) is 4.74 Å². The minimum absolute atomic E-state index is 0.522. The van der Waals surface area contributed by atoms with Crippen molar-refractivity contribution in [2.75, 3.05) is 11.9 Å². The van der Waals surface area contributed by atoms with Crippen molar-refractivity contribution in [3.8, 4) is 5.88 Å². The van der Waals surface area contributed by atoms with Gasteiger partial charge in [-0.25, -0.2) is 9.97 Å². The van der Waals surface area contributed by atoms with Gasteiger partial charge in [0.05, 0.1) is 13.2 Å². The maximum atomic E-state index is 5.33. The van der Waals surface area contributed by atoms with Crippen molar-refractivity contribution in [1.29, 1.82) is 0 Å². The molecule has 1 N–H and O–H groups in total. The smallest absolute Gasteiger partial charge is 0.218 e. The molecule has 7 heteroatoms. The lowest BCUT2D eigenvalue weighted by Gasteiger charge is -2.06. The predicted molar refractivity (Wildman–Crippen MR) is 73.5 cm³/mol. The van der Waals surface area contributed by atoms with Gasteiger partial charge in [-0.15, -0.1) is 10.2 Å². The predicted octanol–water partition coefficient (Wildman–Crippen LogP) is 1.53. The van der Waals surface area contributed by atoms with Crippen LogP contribution in [0, 0.1) is 0 Å². The van der Waals surface area contributed by atoms with E-state index in [0.29, 0.717) is 24.8 Å². The lowest BCUT2D eigenvalue weighted by molar-refractivity contribution is 0.326. The average molecular weight is 270 g/mol. The summed E-state index contributed by atoms with van der Waals surface area (Å²) in [6, 6.07) is 7.54. The lowest BCUT2D eigenvalue weighted by atomic mass is 10.4. The number of aromatic nitrogens is 5. The molecule has 0 saturated heterocycles. The van der Waals surface area contributed by atoms with Crippen molar-refractivity contribution >= 4 is 11.5 Å². The Kier molecular flexibility index (Phi) is 3.40. The zero-order valence-corrected chi connectivity index (χ0v) is 11.0. The van der Waals surface area contributed by atoms with Crippen LogP contribution in [-0.4, -0.2) is 31.2 Å². The fourth-order valence-corrected chi connectivity index (χ4v) is 1.84. The Morgan fingerprint density at radius 2 is 2.20 bits per heavy atom. The van der Waals surface area contributed by atoms with Crippen molar-refractivity contribution in [2.24, 2.45) is 0 Å². The lowest BCUT2D eigenvalue weighted by Crippen LogP contribution is -2.06. The van der Waals surface area contributed by atoms with E-state index in [1.165, 1.54) is 6.33 Å². The first kappa shape index (κ1) is 12.3. The highest BCUT2D eigenvalue weighted by atomic mass is 16.5. The molecule has 3 rings (SSSR count). The number of nitrogens with zero attached hydrogens (tertiary/aromatic N) is 5. The van der Waals surface area contributed by atoms with Crippen LogP contribution in [0.25, 0.3) is 5.65 Å². The van der Waals surface area contributed by atoms with E-state index >= 15 is 0 Å². The molecule has 0 aromatic carbocycles. The Morgan fingerprint density at radius 1 is 1.25 bits per heavy atom. The molecule has 0 amide bonds. The first-order chi connectivity index (χ1) is 9.86. The zero-order valence-electron chi connectivity index (χ0n) is 11.0. The number of fused-ring (bicyclic) bond motifs is 1. The summed E-state index contributed by atoms with van der Waals surface area (Å²) in [6.45, 7) is 3.01. The Hall–Kier alpha value is -2.70. The third-order valence-electron chi connectivity index (χ3n) is 2.75. The second-order valence-corrected chi connectivity index (χ2v) is 4.07. The molecule has 20 heavy (non-hydrogen) atoms. The quantitative estimate of drug-likeness (QED) is 0.757. The molecular weight excluding hydrogens is 256 g/mol. The molecule has 0 unspecified atom stereocenters. The maximum absolute atomic E-state index is 5.33. The van der Waals surface area contributed by atoms with E-state index in [1.807, 2.05) is 35.7 Å². The molecule has 0 bridgehead atoms. The summed E-state index contributed by atoms with van der Waals surface area (Å²) in [4.78, 5) is 8.16. The van der Waals surface area contributed by atoms with Crippen molar-refractivity contribution in [3.63, 3.8) is 0 Å². The van der Waals surface area contributed by atoms with Crippen LogP contribution in [0.5, 0.6) is 5.88 Å². The number of pyridine rings is 1. The molecule has 0 spiro atoms. The highest BCUT2D eigenvalue weighted by molar-refractivity contribution is 5.40. The fraction of sp³-hybridized carbons (Fsp3) is 0.231. The van der Waals surface area contributed by atoms with E-state index in [9.17, 15) is 0 Å². The zero-order chi connectivity index (χ0) is 13.8. The van der Waals surface area contributed by atoms with Crippen LogP contribution in [-0.2, 0) is 6.54 Å². The second-order valence-electron chi connectivity index (χ2n) is 4.07. The third-order valence-corrected chi connectivity index (χ3v) is 2.75. The number of ether oxygens (including phenoxy) is 1. The van der Waals surface area contributed by atoms with E-state index in [2.05, 4.69) is 25.5 Å². The molecule has 7 nitrogen and oxygen atoms in total. The summed E-state index contributed by atoms with van der Waals surface area (Å²) in [6.07, 6.45) is 3.40. The largest absolute Gasteiger partial charge is 0.478 e. The molecule has 3 heterocycles. The van der Waals surface area contributed by atoms with Crippen LogP contribution >= 0.6 is 0 Å². The van der Waals surface area contributed by atoms with Crippen LogP contribution in [0.1, 0.15) is 12.7 Å². The first-order valence-corrected chi connectivity index (χ1v) is 6.34.